The number of carbonyl (C=O) groups is 1. The van der Waals surface area contributed by atoms with Gasteiger partial charge in [0.15, 0.2) is 0 Å². The van der Waals surface area contributed by atoms with Crippen LogP contribution in [-0.2, 0) is 4.79 Å². The number of hydrogen-bond donors (Lipinski definition) is 2. The highest BCUT2D eigenvalue weighted by molar-refractivity contribution is 9.10. The van der Waals surface area contributed by atoms with E-state index in [1.807, 2.05) is 12.1 Å². The molecule has 4 heteroatoms. The molecule has 0 bridgehead atoms. The number of rotatable bonds is 4. The predicted molar refractivity (Wildman–Crippen MR) is 70.1 cm³/mol. The maximum absolute atomic E-state index is 10.7. The number of aliphatic carboxylic acids is 1. The second kappa shape index (κ2) is 5.19. The summed E-state index contributed by atoms with van der Waals surface area (Å²) in [6, 6.07) is 8.11. The van der Waals surface area contributed by atoms with Crippen LogP contribution in [0, 0.1) is 0 Å². The Balaban J connectivity index is 1.87. The van der Waals surface area contributed by atoms with Crippen LogP contribution in [0.4, 0.5) is 0 Å². The van der Waals surface area contributed by atoms with Crippen LogP contribution in [0.3, 0.4) is 0 Å². The Hall–Kier alpha value is -0.870. The summed E-state index contributed by atoms with van der Waals surface area (Å²) in [5.41, 5.74) is 1.33. The molecule has 17 heavy (non-hydrogen) atoms. The minimum absolute atomic E-state index is 0.332. The van der Waals surface area contributed by atoms with Gasteiger partial charge < -0.3 is 10.4 Å². The molecule has 2 N–H and O–H groups in total. The third-order valence-corrected chi connectivity index (χ3v) is 4.06. The average molecular weight is 298 g/mol. The van der Waals surface area contributed by atoms with E-state index in [1.54, 1.807) is 6.92 Å². The van der Waals surface area contributed by atoms with Gasteiger partial charge in [-0.1, -0.05) is 34.1 Å². The van der Waals surface area contributed by atoms with Gasteiger partial charge in [-0.25, -0.2) is 0 Å². The zero-order chi connectivity index (χ0) is 12.4. The molecule has 2 rings (SSSR count). The first-order chi connectivity index (χ1) is 8.08. The fourth-order valence-electron chi connectivity index (χ4n) is 2.24. The zero-order valence-corrected chi connectivity index (χ0v) is 11.3. The monoisotopic (exact) mass is 297 g/mol. The van der Waals surface area contributed by atoms with Gasteiger partial charge in [0.1, 0.15) is 6.04 Å². The third-order valence-electron chi connectivity index (χ3n) is 3.34. The van der Waals surface area contributed by atoms with E-state index in [0.717, 1.165) is 17.3 Å². The lowest BCUT2D eigenvalue weighted by atomic mass is 9.75. The highest BCUT2D eigenvalue weighted by atomic mass is 79.9. The molecule has 3 nitrogen and oxygen atoms in total. The van der Waals surface area contributed by atoms with E-state index >= 15 is 0 Å². The molecule has 1 fully saturated rings. The SMILES string of the molecule is CC(NC1CC(c2ccccc2Br)C1)C(=O)O. The van der Waals surface area contributed by atoms with Crippen molar-refractivity contribution in [3.05, 3.63) is 34.3 Å². The molecule has 0 heterocycles. The molecule has 0 radical (unpaired) electrons. The van der Waals surface area contributed by atoms with Crippen molar-refractivity contribution in [1.82, 2.24) is 5.32 Å². The van der Waals surface area contributed by atoms with Crippen LogP contribution in [0.25, 0.3) is 0 Å². The molecule has 1 saturated carbocycles. The topological polar surface area (TPSA) is 49.3 Å². The summed E-state index contributed by atoms with van der Waals surface area (Å²) in [5, 5.41) is 11.9. The molecule has 1 aromatic carbocycles. The fourth-order valence-corrected chi connectivity index (χ4v) is 2.85. The van der Waals surface area contributed by atoms with E-state index in [4.69, 9.17) is 5.11 Å². The Morgan fingerprint density at radius 1 is 1.47 bits per heavy atom. The molecule has 0 aromatic heterocycles. The maximum atomic E-state index is 10.7. The number of carboxylic acids is 1. The zero-order valence-electron chi connectivity index (χ0n) is 9.69. The number of benzene rings is 1. The highest BCUT2D eigenvalue weighted by Crippen LogP contribution is 2.40. The van der Waals surface area contributed by atoms with Crippen LogP contribution < -0.4 is 5.32 Å². The molecule has 1 aliphatic rings. The summed E-state index contributed by atoms with van der Waals surface area (Å²) in [6.45, 7) is 1.69. The van der Waals surface area contributed by atoms with Crippen molar-refractivity contribution in [2.24, 2.45) is 0 Å². The highest BCUT2D eigenvalue weighted by Gasteiger charge is 2.32. The maximum Gasteiger partial charge on any atom is 0.320 e. The lowest BCUT2D eigenvalue weighted by molar-refractivity contribution is -0.139. The summed E-state index contributed by atoms with van der Waals surface area (Å²) in [4.78, 5) is 10.7. The molecule has 1 unspecified atom stereocenters. The minimum Gasteiger partial charge on any atom is -0.480 e. The Kier molecular flexibility index (Phi) is 3.84. The van der Waals surface area contributed by atoms with Crippen molar-refractivity contribution in [3.63, 3.8) is 0 Å². The molecule has 0 amide bonds. The van der Waals surface area contributed by atoms with Gasteiger partial charge in [-0.2, -0.15) is 0 Å². The van der Waals surface area contributed by atoms with Gasteiger partial charge in [0.05, 0.1) is 0 Å². The minimum atomic E-state index is -0.783. The van der Waals surface area contributed by atoms with Crippen molar-refractivity contribution in [2.45, 2.75) is 37.8 Å². The molecule has 1 atom stereocenters. The van der Waals surface area contributed by atoms with E-state index in [-0.39, 0.29) is 0 Å². The standard InChI is InChI=1S/C13H16BrNO2/c1-8(13(16)17)15-10-6-9(7-10)11-4-2-3-5-12(11)14/h2-5,8-10,15H,6-7H2,1H3,(H,16,17). The summed E-state index contributed by atoms with van der Waals surface area (Å²) >= 11 is 3.55. The van der Waals surface area contributed by atoms with Crippen LogP contribution in [-0.4, -0.2) is 23.2 Å². The van der Waals surface area contributed by atoms with E-state index in [0.29, 0.717) is 12.0 Å². The lowest BCUT2D eigenvalue weighted by Crippen LogP contribution is -2.47. The molecule has 0 aliphatic heterocycles. The quantitative estimate of drug-likeness (QED) is 0.898. The lowest BCUT2D eigenvalue weighted by Gasteiger charge is -2.37. The average Bonchev–Trinajstić information content (AvgIpc) is 2.24. The van der Waals surface area contributed by atoms with Crippen LogP contribution in [0.1, 0.15) is 31.2 Å². The Morgan fingerprint density at radius 2 is 2.12 bits per heavy atom. The first-order valence-electron chi connectivity index (χ1n) is 5.81. The Bertz CT molecular complexity index is 416. The number of nitrogens with one attached hydrogen (secondary N) is 1. The van der Waals surface area contributed by atoms with Crippen LogP contribution >= 0.6 is 15.9 Å². The largest absolute Gasteiger partial charge is 0.480 e. The molecule has 92 valence electrons. The predicted octanol–water partition coefficient (Wildman–Crippen LogP) is 2.76. The summed E-state index contributed by atoms with van der Waals surface area (Å²) < 4.78 is 1.15. The van der Waals surface area contributed by atoms with Gasteiger partial charge in [0, 0.05) is 10.5 Å². The Labute approximate surface area is 109 Å². The van der Waals surface area contributed by atoms with Crippen LogP contribution in [0.2, 0.25) is 0 Å². The molecular weight excluding hydrogens is 282 g/mol. The van der Waals surface area contributed by atoms with Gasteiger partial charge in [0.2, 0.25) is 0 Å². The van der Waals surface area contributed by atoms with Crippen molar-refractivity contribution >= 4 is 21.9 Å². The smallest absolute Gasteiger partial charge is 0.320 e. The van der Waals surface area contributed by atoms with Crippen molar-refractivity contribution in [2.75, 3.05) is 0 Å². The van der Waals surface area contributed by atoms with Gasteiger partial charge in [-0.3, -0.25) is 4.79 Å². The molecule has 1 aliphatic carbocycles. The summed E-state index contributed by atoms with van der Waals surface area (Å²) in [7, 11) is 0. The Morgan fingerprint density at radius 3 is 2.71 bits per heavy atom. The molecular formula is C13H16BrNO2. The van der Waals surface area contributed by atoms with Crippen molar-refractivity contribution in [3.8, 4) is 0 Å². The summed E-state index contributed by atoms with van der Waals surface area (Å²) in [6.07, 6.45) is 2.03. The van der Waals surface area contributed by atoms with Gasteiger partial charge in [0.25, 0.3) is 0 Å². The second-order valence-corrected chi connectivity index (χ2v) is 5.47. The first kappa shape index (κ1) is 12.6. The van der Waals surface area contributed by atoms with Crippen molar-refractivity contribution < 1.29 is 9.90 Å². The van der Waals surface area contributed by atoms with Crippen LogP contribution in [0.5, 0.6) is 0 Å². The van der Waals surface area contributed by atoms with Gasteiger partial charge >= 0.3 is 5.97 Å². The number of carboxylic acid groups (broad SMARTS) is 1. The first-order valence-corrected chi connectivity index (χ1v) is 6.60. The third kappa shape index (κ3) is 2.87. The number of halogens is 1. The van der Waals surface area contributed by atoms with E-state index in [9.17, 15) is 4.79 Å². The normalized spacial score (nSPS) is 25.1. The molecule has 0 saturated heterocycles. The van der Waals surface area contributed by atoms with Gasteiger partial charge in [-0.05, 0) is 37.3 Å². The van der Waals surface area contributed by atoms with Crippen LogP contribution in [0.15, 0.2) is 28.7 Å². The van der Waals surface area contributed by atoms with E-state index < -0.39 is 12.0 Å². The van der Waals surface area contributed by atoms with Gasteiger partial charge in [-0.15, -0.1) is 0 Å². The number of hydrogen-bond acceptors (Lipinski definition) is 2. The molecule has 1 aromatic rings. The van der Waals surface area contributed by atoms with E-state index in [1.165, 1.54) is 5.56 Å². The molecule has 0 spiro atoms. The second-order valence-electron chi connectivity index (χ2n) is 4.61. The van der Waals surface area contributed by atoms with E-state index in [2.05, 4.69) is 33.4 Å². The van der Waals surface area contributed by atoms with Crippen molar-refractivity contribution in [1.29, 1.82) is 0 Å². The summed E-state index contributed by atoms with van der Waals surface area (Å²) in [5.74, 6) is -0.238. The fraction of sp³-hybridized carbons (Fsp3) is 0.462.